The lowest BCUT2D eigenvalue weighted by atomic mass is 10.1. The van der Waals surface area contributed by atoms with E-state index in [9.17, 15) is 0 Å². The zero-order valence-electron chi connectivity index (χ0n) is 11.5. The van der Waals surface area contributed by atoms with Gasteiger partial charge < -0.3 is 10.4 Å². The molecule has 1 aromatic carbocycles. The van der Waals surface area contributed by atoms with E-state index in [0.29, 0.717) is 19.1 Å². The van der Waals surface area contributed by atoms with Crippen molar-refractivity contribution in [2.75, 3.05) is 6.61 Å². The molecular formula is C14H19ClN4O. The van der Waals surface area contributed by atoms with Crippen LogP contribution in [0.15, 0.2) is 30.5 Å². The lowest BCUT2D eigenvalue weighted by Crippen LogP contribution is -2.27. The maximum atomic E-state index is 8.82. The Kier molecular flexibility index (Phi) is 5.52. The third kappa shape index (κ3) is 4.59. The molecule has 2 aromatic rings. The fourth-order valence-electron chi connectivity index (χ4n) is 2.00. The van der Waals surface area contributed by atoms with Crippen molar-refractivity contribution in [3.05, 3.63) is 46.7 Å². The molecule has 0 spiro atoms. The summed E-state index contributed by atoms with van der Waals surface area (Å²) in [7, 11) is 0. The summed E-state index contributed by atoms with van der Waals surface area (Å²) in [4.78, 5) is 0. The SMILES string of the molecule is CC(Cc1cccc(Cl)c1)NCc1cn(CCO)nn1. The second-order valence-corrected chi connectivity index (χ2v) is 5.25. The van der Waals surface area contributed by atoms with Gasteiger partial charge in [-0.1, -0.05) is 28.9 Å². The van der Waals surface area contributed by atoms with E-state index in [-0.39, 0.29) is 6.61 Å². The Morgan fingerprint density at radius 1 is 1.45 bits per heavy atom. The Hall–Kier alpha value is -1.43. The zero-order valence-corrected chi connectivity index (χ0v) is 12.2. The van der Waals surface area contributed by atoms with Crippen molar-refractivity contribution in [1.29, 1.82) is 0 Å². The second-order valence-electron chi connectivity index (χ2n) is 4.81. The predicted molar refractivity (Wildman–Crippen MR) is 78.6 cm³/mol. The van der Waals surface area contributed by atoms with Crippen molar-refractivity contribution in [2.45, 2.75) is 32.5 Å². The molecule has 1 heterocycles. The maximum Gasteiger partial charge on any atom is 0.0964 e. The number of aromatic nitrogens is 3. The molecule has 1 aromatic heterocycles. The molecule has 6 heteroatoms. The monoisotopic (exact) mass is 294 g/mol. The molecule has 0 aliphatic carbocycles. The van der Waals surface area contributed by atoms with Crippen LogP contribution in [-0.4, -0.2) is 32.7 Å². The van der Waals surface area contributed by atoms with Gasteiger partial charge in [0.25, 0.3) is 0 Å². The number of nitrogens with one attached hydrogen (secondary N) is 1. The molecule has 0 bridgehead atoms. The first kappa shape index (κ1) is 15.0. The van der Waals surface area contributed by atoms with Crippen LogP contribution < -0.4 is 5.32 Å². The summed E-state index contributed by atoms with van der Waals surface area (Å²) < 4.78 is 1.64. The van der Waals surface area contributed by atoms with Crippen LogP contribution in [0.1, 0.15) is 18.2 Å². The Bertz CT molecular complexity index is 543. The number of halogens is 1. The molecule has 0 radical (unpaired) electrons. The standard InChI is InChI=1S/C14H19ClN4O/c1-11(7-12-3-2-4-13(15)8-12)16-9-14-10-19(5-6-20)18-17-14/h2-4,8,10-11,16,20H,5-7,9H2,1H3. The van der Waals surface area contributed by atoms with E-state index >= 15 is 0 Å². The summed E-state index contributed by atoms with van der Waals surface area (Å²) in [5.74, 6) is 0. The highest BCUT2D eigenvalue weighted by Gasteiger charge is 2.06. The maximum absolute atomic E-state index is 8.82. The van der Waals surface area contributed by atoms with Crippen LogP contribution in [0, 0.1) is 0 Å². The van der Waals surface area contributed by atoms with Crippen molar-refractivity contribution < 1.29 is 5.11 Å². The Labute approximate surface area is 123 Å². The van der Waals surface area contributed by atoms with Gasteiger partial charge >= 0.3 is 0 Å². The van der Waals surface area contributed by atoms with Gasteiger partial charge in [-0.2, -0.15) is 0 Å². The molecule has 1 unspecified atom stereocenters. The van der Waals surface area contributed by atoms with Crippen molar-refractivity contribution in [1.82, 2.24) is 20.3 Å². The highest BCUT2D eigenvalue weighted by atomic mass is 35.5. The zero-order chi connectivity index (χ0) is 14.4. The number of aliphatic hydroxyl groups excluding tert-OH is 1. The van der Waals surface area contributed by atoms with Crippen molar-refractivity contribution in [3.63, 3.8) is 0 Å². The third-order valence-electron chi connectivity index (χ3n) is 2.98. The molecule has 0 aliphatic heterocycles. The fraction of sp³-hybridized carbons (Fsp3) is 0.429. The molecule has 0 fully saturated rings. The van der Waals surface area contributed by atoms with E-state index in [1.54, 1.807) is 4.68 Å². The van der Waals surface area contributed by atoms with Crippen molar-refractivity contribution in [2.24, 2.45) is 0 Å². The highest BCUT2D eigenvalue weighted by Crippen LogP contribution is 2.12. The highest BCUT2D eigenvalue weighted by molar-refractivity contribution is 6.30. The molecular weight excluding hydrogens is 276 g/mol. The summed E-state index contributed by atoms with van der Waals surface area (Å²) in [6.07, 6.45) is 2.75. The average molecular weight is 295 g/mol. The molecule has 5 nitrogen and oxygen atoms in total. The van der Waals surface area contributed by atoms with Crippen LogP contribution in [0.5, 0.6) is 0 Å². The summed E-state index contributed by atoms with van der Waals surface area (Å²) in [5.41, 5.74) is 2.08. The average Bonchev–Trinajstić information content (AvgIpc) is 2.85. The first-order valence-electron chi connectivity index (χ1n) is 6.65. The molecule has 0 saturated heterocycles. The summed E-state index contributed by atoms with van der Waals surface area (Å²) >= 11 is 5.97. The van der Waals surface area contributed by atoms with Crippen LogP contribution in [-0.2, 0) is 19.5 Å². The van der Waals surface area contributed by atoms with E-state index in [2.05, 4.69) is 28.6 Å². The molecule has 0 saturated carbocycles. The topological polar surface area (TPSA) is 63.0 Å². The Balaban J connectivity index is 1.80. The van der Waals surface area contributed by atoms with Gasteiger partial charge in [0.1, 0.15) is 0 Å². The van der Waals surface area contributed by atoms with Crippen LogP contribution in [0.25, 0.3) is 0 Å². The van der Waals surface area contributed by atoms with Crippen molar-refractivity contribution >= 4 is 11.6 Å². The van der Waals surface area contributed by atoms with E-state index in [4.69, 9.17) is 16.7 Å². The molecule has 2 rings (SSSR count). The number of hydrogen-bond donors (Lipinski definition) is 2. The normalized spacial score (nSPS) is 12.6. The van der Waals surface area contributed by atoms with Gasteiger partial charge in [0, 0.05) is 23.8 Å². The largest absolute Gasteiger partial charge is 0.394 e. The summed E-state index contributed by atoms with van der Waals surface area (Å²) in [6.45, 7) is 3.33. The molecule has 1 atom stereocenters. The van der Waals surface area contributed by atoms with Gasteiger partial charge in [0.05, 0.1) is 18.8 Å². The van der Waals surface area contributed by atoms with Crippen LogP contribution in [0.3, 0.4) is 0 Å². The summed E-state index contributed by atoms with van der Waals surface area (Å²) in [6, 6.07) is 8.21. The van der Waals surface area contributed by atoms with Gasteiger partial charge in [0.15, 0.2) is 0 Å². The minimum absolute atomic E-state index is 0.0708. The van der Waals surface area contributed by atoms with Crippen LogP contribution in [0.4, 0.5) is 0 Å². The van der Waals surface area contributed by atoms with E-state index < -0.39 is 0 Å². The third-order valence-corrected chi connectivity index (χ3v) is 3.21. The number of hydrogen-bond acceptors (Lipinski definition) is 4. The number of rotatable bonds is 7. The van der Waals surface area contributed by atoms with Crippen LogP contribution >= 0.6 is 11.6 Å². The lowest BCUT2D eigenvalue weighted by Gasteiger charge is -2.12. The minimum Gasteiger partial charge on any atom is -0.394 e. The molecule has 0 amide bonds. The minimum atomic E-state index is 0.0708. The van der Waals surface area contributed by atoms with Gasteiger partial charge in [-0.05, 0) is 31.0 Å². The molecule has 20 heavy (non-hydrogen) atoms. The van der Waals surface area contributed by atoms with E-state index in [1.165, 1.54) is 5.56 Å². The van der Waals surface area contributed by atoms with Crippen LogP contribution in [0.2, 0.25) is 5.02 Å². The van der Waals surface area contributed by atoms with E-state index in [0.717, 1.165) is 17.1 Å². The predicted octanol–water partition coefficient (Wildman–Crippen LogP) is 1.64. The molecule has 0 aliphatic rings. The fourth-order valence-corrected chi connectivity index (χ4v) is 2.21. The first-order valence-corrected chi connectivity index (χ1v) is 7.03. The van der Waals surface area contributed by atoms with Gasteiger partial charge in [0.2, 0.25) is 0 Å². The lowest BCUT2D eigenvalue weighted by molar-refractivity contribution is 0.268. The number of nitrogens with zero attached hydrogens (tertiary/aromatic N) is 3. The molecule has 2 N–H and O–H groups in total. The van der Waals surface area contributed by atoms with Crippen molar-refractivity contribution in [3.8, 4) is 0 Å². The van der Waals surface area contributed by atoms with Gasteiger partial charge in [-0.3, -0.25) is 0 Å². The quantitative estimate of drug-likeness (QED) is 0.815. The van der Waals surface area contributed by atoms with Gasteiger partial charge in [-0.25, -0.2) is 4.68 Å². The molecule has 108 valence electrons. The number of benzene rings is 1. The number of aliphatic hydroxyl groups is 1. The first-order chi connectivity index (χ1) is 9.67. The second kappa shape index (κ2) is 7.38. The smallest absolute Gasteiger partial charge is 0.0964 e. The Morgan fingerprint density at radius 2 is 2.30 bits per heavy atom. The Morgan fingerprint density at radius 3 is 3.05 bits per heavy atom. The summed E-state index contributed by atoms with van der Waals surface area (Å²) in [5, 5.41) is 21.0. The van der Waals surface area contributed by atoms with E-state index in [1.807, 2.05) is 24.4 Å². The van der Waals surface area contributed by atoms with Gasteiger partial charge in [-0.15, -0.1) is 5.10 Å².